The molecule has 2 rings (SSSR count). The predicted octanol–water partition coefficient (Wildman–Crippen LogP) is 1.13. The highest BCUT2D eigenvalue weighted by molar-refractivity contribution is 5.56. The van der Waals surface area contributed by atoms with Crippen LogP contribution in [-0.2, 0) is 6.54 Å². The number of aromatic nitrogens is 4. The van der Waals surface area contributed by atoms with Gasteiger partial charge in [0, 0.05) is 25.5 Å². The molecule has 0 unspecified atom stereocenters. The van der Waals surface area contributed by atoms with E-state index in [2.05, 4.69) is 25.7 Å². The lowest BCUT2D eigenvalue weighted by Gasteiger charge is -2.08. The van der Waals surface area contributed by atoms with Crippen molar-refractivity contribution < 1.29 is 4.92 Å². The summed E-state index contributed by atoms with van der Waals surface area (Å²) >= 11 is 0. The third-order valence-electron chi connectivity index (χ3n) is 2.49. The van der Waals surface area contributed by atoms with Crippen molar-refractivity contribution >= 4 is 17.5 Å². The van der Waals surface area contributed by atoms with Gasteiger partial charge in [0.25, 0.3) is 0 Å². The number of nitrogens with zero attached hydrogens (tertiary/aromatic N) is 5. The Morgan fingerprint density at radius 1 is 1.45 bits per heavy atom. The van der Waals surface area contributed by atoms with Crippen LogP contribution in [0.4, 0.5) is 17.5 Å². The molecule has 0 aliphatic carbocycles. The van der Waals surface area contributed by atoms with Crippen LogP contribution >= 0.6 is 0 Å². The number of anilines is 2. The zero-order valence-corrected chi connectivity index (χ0v) is 11.0. The average molecular weight is 277 g/mol. The number of hydrogen-bond acceptors (Lipinski definition) is 7. The molecule has 0 bridgehead atoms. The molecule has 2 aromatic heterocycles. The Kier molecular flexibility index (Phi) is 4.43. The molecule has 20 heavy (non-hydrogen) atoms. The molecule has 2 heterocycles. The molecule has 2 aromatic rings. The lowest BCUT2D eigenvalue weighted by molar-refractivity contribution is -0.384. The highest BCUT2D eigenvalue weighted by Gasteiger charge is 2.16. The van der Waals surface area contributed by atoms with Gasteiger partial charge in [0.1, 0.15) is 6.20 Å². The van der Waals surface area contributed by atoms with Gasteiger partial charge in [-0.1, -0.05) is 0 Å². The fourth-order valence-electron chi connectivity index (χ4n) is 1.60. The van der Waals surface area contributed by atoms with Crippen LogP contribution in [-0.4, -0.2) is 37.8 Å². The van der Waals surface area contributed by atoms with Crippen molar-refractivity contribution in [1.29, 1.82) is 0 Å². The standard InChI is InChI=1S/C11H15N7O2/c1-2-12-11-14-8-9(18(19)20)10(16-11)13-5-7-17-6-3-4-15-17/h3-4,6,8H,2,5,7H2,1H3,(H2,12,13,14,16). The maximum Gasteiger partial charge on any atom is 0.329 e. The summed E-state index contributed by atoms with van der Waals surface area (Å²) in [6.07, 6.45) is 4.69. The summed E-state index contributed by atoms with van der Waals surface area (Å²) < 4.78 is 1.73. The first-order valence-electron chi connectivity index (χ1n) is 6.17. The second kappa shape index (κ2) is 6.45. The van der Waals surface area contributed by atoms with Gasteiger partial charge in [0.15, 0.2) is 0 Å². The Labute approximate surface area is 115 Å². The fraction of sp³-hybridized carbons (Fsp3) is 0.364. The molecule has 9 heteroatoms. The largest absolute Gasteiger partial charge is 0.362 e. The molecular formula is C11H15N7O2. The van der Waals surface area contributed by atoms with Gasteiger partial charge in [-0.05, 0) is 13.0 Å². The molecule has 0 spiro atoms. The monoisotopic (exact) mass is 277 g/mol. The fourth-order valence-corrected chi connectivity index (χ4v) is 1.60. The van der Waals surface area contributed by atoms with Crippen molar-refractivity contribution in [2.24, 2.45) is 0 Å². The molecule has 2 N–H and O–H groups in total. The molecule has 0 saturated heterocycles. The summed E-state index contributed by atoms with van der Waals surface area (Å²) in [5.74, 6) is 0.563. The van der Waals surface area contributed by atoms with E-state index < -0.39 is 4.92 Å². The zero-order chi connectivity index (χ0) is 14.4. The Hall–Kier alpha value is -2.71. The van der Waals surface area contributed by atoms with E-state index in [9.17, 15) is 10.1 Å². The van der Waals surface area contributed by atoms with Crippen LogP contribution in [0, 0.1) is 10.1 Å². The Bertz CT molecular complexity index is 570. The third-order valence-corrected chi connectivity index (χ3v) is 2.49. The minimum atomic E-state index is -0.508. The second-order valence-electron chi connectivity index (χ2n) is 3.91. The van der Waals surface area contributed by atoms with Crippen molar-refractivity contribution in [3.05, 3.63) is 34.8 Å². The Morgan fingerprint density at radius 3 is 2.95 bits per heavy atom. The normalized spacial score (nSPS) is 10.2. The minimum absolute atomic E-state index is 0.146. The van der Waals surface area contributed by atoms with Crippen LogP contribution in [0.2, 0.25) is 0 Å². The summed E-state index contributed by atoms with van der Waals surface area (Å²) in [5.41, 5.74) is -0.146. The first kappa shape index (κ1) is 13.7. The van der Waals surface area contributed by atoms with Crippen LogP contribution in [0.15, 0.2) is 24.7 Å². The smallest absolute Gasteiger partial charge is 0.329 e. The number of nitrogens with one attached hydrogen (secondary N) is 2. The molecule has 9 nitrogen and oxygen atoms in total. The van der Waals surface area contributed by atoms with Crippen molar-refractivity contribution in [3.8, 4) is 0 Å². The van der Waals surface area contributed by atoms with E-state index in [-0.39, 0.29) is 11.5 Å². The minimum Gasteiger partial charge on any atom is -0.362 e. The molecule has 106 valence electrons. The maximum atomic E-state index is 10.9. The Morgan fingerprint density at radius 2 is 2.30 bits per heavy atom. The average Bonchev–Trinajstić information content (AvgIpc) is 2.92. The highest BCUT2D eigenvalue weighted by Crippen LogP contribution is 2.21. The summed E-state index contributed by atoms with van der Waals surface area (Å²) in [5, 5.41) is 20.8. The van der Waals surface area contributed by atoms with Gasteiger partial charge < -0.3 is 10.6 Å². The van der Waals surface area contributed by atoms with Gasteiger partial charge in [-0.3, -0.25) is 14.8 Å². The molecule has 0 radical (unpaired) electrons. The summed E-state index contributed by atoms with van der Waals surface area (Å²) in [7, 11) is 0. The van der Waals surface area contributed by atoms with Crippen LogP contribution in [0.25, 0.3) is 0 Å². The summed E-state index contributed by atoms with van der Waals surface area (Å²) in [4.78, 5) is 18.4. The van der Waals surface area contributed by atoms with Gasteiger partial charge in [0.2, 0.25) is 11.8 Å². The first-order chi connectivity index (χ1) is 9.70. The first-order valence-corrected chi connectivity index (χ1v) is 6.17. The quantitative estimate of drug-likeness (QED) is 0.576. The molecule has 0 fully saturated rings. The topological polar surface area (TPSA) is 111 Å². The molecule has 0 atom stereocenters. The third kappa shape index (κ3) is 3.40. The molecule has 0 aliphatic rings. The van der Waals surface area contributed by atoms with Crippen LogP contribution in [0.1, 0.15) is 6.92 Å². The predicted molar refractivity (Wildman–Crippen MR) is 73.6 cm³/mol. The van der Waals surface area contributed by atoms with Crippen molar-refractivity contribution in [3.63, 3.8) is 0 Å². The van der Waals surface area contributed by atoms with Gasteiger partial charge in [-0.2, -0.15) is 10.1 Å². The SMILES string of the molecule is CCNc1ncc([N+](=O)[O-])c(NCCn2cccn2)n1. The van der Waals surface area contributed by atoms with E-state index in [0.29, 0.717) is 25.6 Å². The second-order valence-corrected chi connectivity index (χ2v) is 3.91. The van der Waals surface area contributed by atoms with Crippen molar-refractivity contribution in [1.82, 2.24) is 19.7 Å². The Balaban J connectivity index is 2.06. The van der Waals surface area contributed by atoms with Crippen LogP contribution < -0.4 is 10.6 Å². The van der Waals surface area contributed by atoms with E-state index >= 15 is 0 Å². The van der Waals surface area contributed by atoms with Crippen molar-refractivity contribution in [2.75, 3.05) is 23.7 Å². The highest BCUT2D eigenvalue weighted by atomic mass is 16.6. The molecule has 0 saturated carbocycles. The van der Waals surface area contributed by atoms with E-state index in [1.165, 1.54) is 6.20 Å². The lowest BCUT2D eigenvalue weighted by atomic mass is 10.4. The van der Waals surface area contributed by atoms with E-state index in [1.807, 2.05) is 19.2 Å². The lowest BCUT2D eigenvalue weighted by Crippen LogP contribution is -2.14. The zero-order valence-electron chi connectivity index (χ0n) is 11.0. The summed E-state index contributed by atoms with van der Waals surface area (Å²) in [6, 6.07) is 1.82. The maximum absolute atomic E-state index is 10.9. The van der Waals surface area contributed by atoms with E-state index in [4.69, 9.17) is 0 Å². The van der Waals surface area contributed by atoms with E-state index in [0.717, 1.165) is 0 Å². The van der Waals surface area contributed by atoms with Crippen LogP contribution in [0.3, 0.4) is 0 Å². The van der Waals surface area contributed by atoms with Gasteiger partial charge >= 0.3 is 5.69 Å². The van der Waals surface area contributed by atoms with Gasteiger partial charge in [-0.25, -0.2) is 4.98 Å². The summed E-state index contributed by atoms with van der Waals surface area (Å²) in [6.45, 7) is 3.61. The van der Waals surface area contributed by atoms with E-state index in [1.54, 1.807) is 10.9 Å². The van der Waals surface area contributed by atoms with Gasteiger partial charge in [-0.15, -0.1) is 0 Å². The van der Waals surface area contributed by atoms with Crippen molar-refractivity contribution in [2.45, 2.75) is 13.5 Å². The van der Waals surface area contributed by atoms with Crippen LogP contribution in [0.5, 0.6) is 0 Å². The molecule has 0 aliphatic heterocycles. The number of rotatable bonds is 7. The molecule has 0 amide bonds. The molecular weight excluding hydrogens is 262 g/mol. The molecule has 0 aromatic carbocycles. The number of hydrogen-bond donors (Lipinski definition) is 2. The van der Waals surface area contributed by atoms with Gasteiger partial charge in [0.05, 0.1) is 11.5 Å². The number of nitro groups is 1.